The maximum atomic E-state index is 12.4. The number of hydrogen-bond acceptors (Lipinski definition) is 2. The molecule has 1 aliphatic rings. The molecule has 0 unspecified atom stereocenters. The minimum absolute atomic E-state index is 0.155. The van der Waals surface area contributed by atoms with Crippen molar-refractivity contribution in [2.75, 3.05) is 6.54 Å². The molecule has 146 valence electrons. The summed E-state index contributed by atoms with van der Waals surface area (Å²) in [7, 11) is 0. The van der Waals surface area contributed by atoms with Gasteiger partial charge in [0, 0.05) is 29.2 Å². The summed E-state index contributed by atoms with van der Waals surface area (Å²) in [6, 6.07) is 14.2. The number of benzene rings is 2. The van der Waals surface area contributed by atoms with Crippen molar-refractivity contribution in [3.8, 4) is 0 Å². The zero-order chi connectivity index (χ0) is 19.8. The Bertz CT molecular complexity index is 876. The van der Waals surface area contributed by atoms with Crippen molar-refractivity contribution in [2.24, 2.45) is 0 Å². The zero-order valence-electron chi connectivity index (χ0n) is 15.8. The van der Waals surface area contributed by atoms with Crippen molar-refractivity contribution in [1.82, 2.24) is 10.6 Å². The molecule has 0 fully saturated rings. The SMILES string of the molecule is O=C(NCCC1=CCCCC1)c1cccc(C(=O)NCc2ccccc2Cl)c1. The van der Waals surface area contributed by atoms with Crippen LogP contribution in [0.5, 0.6) is 0 Å². The molecule has 2 amide bonds. The topological polar surface area (TPSA) is 58.2 Å². The van der Waals surface area contributed by atoms with Crippen LogP contribution in [0.1, 0.15) is 58.4 Å². The molecule has 0 aliphatic heterocycles. The maximum absolute atomic E-state index is 12.4. The van der Waals surface area contributed by atoms with Crippen LogP contribution in [0, 0.1) is 0 Å². The average molecular weight is 397 g/mol. The van der Waals surface area contributed by atoms with Gasteiger partial charge in [-0.05, 0) is 61.9 Å². The summed E-state index contributed by atoms with van der Waals surface area (Å²) in [6.07, 6.45) is 7.97. The summed E-state index contributed by atoms with van der Waals surface area (Å²) in [5.74, 6) is -0.390. The molecule has 0 saturated carbocycles. The monoisotopic (exact) mass is 396 g/mol. The van der Waals surface area contributed by atoms with Crippen LogP contribution in [0.25, 0.3) is 0 Å². The molecule has 4 nitrogen and oxygen atoms in total. The molecule has 0 saturated heterocycles. The fourth-order valence-electron chi connectivity index (χ4n) is 3.29. The van der Waals surface area contributed by atoms with E-state index in [1.54, 1.807) is 30.3 Å². The van der Waals surface area contributed by atoms with Crippen LogP contribution in [0.15, 0.2) is 60.2 Å². The second kappa shape index (κ2) is 10.1. The quantitative estimate of drug-likeness (QED) is 0.654. The smallest absolute Gasteiger partial charge is 0.251 e. The highest BCUT2D eigenvalue weighted by Crippen LogP contribution is 2.19. The first-order valence-electron chi connectivity index (χ1n) is 9.71. The van der Waals surface area contributed by atoms with Gasteiger partial charge in [-0.1, -0.05) is 47.5 Å². The van der Waals surface area contributed by atoms with Crippen LogP contribution in [0.2, 0.25) is 5.02 Å². The van der Waals surface area contributed by atoms with E-state index in [0.29, 0.717) is 29.2 Å². The van der Waals surface area contributed by atoms with Crippen LogP contribution in [0.4, 0.5) is 0 Å². The first-order chi connectivity index (χ1) is 13.6. The molecular weight excluding hydrogens is 372 g/mol. The Morgan fingerprint density at radius 3 is 2.39 bits per heavy atom. The van der Waals surface area contributed by atoms with Crippen LogP contribution < -0.4 is 10.6 Å². The summed E-state index contributed by atoms with van der Waals surface area (Å²) in [4.78, 5) is 24.8. The predicted molar refractivity (Wildman–Crippen MR) is 113 cm³/mol. The molecule has 5 heteroatoms. The third kappa shape index (κ3) is 5.70. The highest BCUT2D eigenvalue weighted by atomic mass is 35.5. The lowest BCUT2D eigenvalue weighted by Crippen LogP contribution is -2.26. The van der Waals surface area contributed by atoms with E-state index in [0.717, 1.165) is 24.8 Å². The highest BCUT2D eigenvalue weighted by molar-refractivity contribution is 6.31. The minimum atomic E-state index is -0.234. The lowest BCUT2D eigenvalue weighted by molar-refractivity contribution is 0.0950. The third-order valence-electron chi connectivity index (χ3n) is 4.90. The van der Waals surface area contributed by atoms with E-state index in [1.807, 2.05) is 18.2 Å². The third-order valence-corrected chi connectivity index (χ3v) is 5.27. The molecule has 1 aliphatic carbocycles. The molecule has 0 spiro atoms. The second-order valence-electron chi connectivity index (χ2n) is 6.97. The Kier molecular flexibility index (Phi) is 7.26. The Morgan fingerprint density at radius 1 is 0.929 bits per heavy atom. The van der Waals surface area contributed by atoms with Crippen LogP contribution in [-0.2, 0) is 6.54 Å². The fourth-order valence-corrected chi connectivity index (χ4v) is 3.49. The molecule has 0 atom stereocenters. The van der Waals surface area contributed by atoms with Crippen LogP contribution in [0.3, 0.4) is 0 Å². The lowest BCUT2D eigenvalue weighted by Gasteiger charge is -2.13. The molecule has 0 heterocycles. The standard InChI is InChI=1S/C23H25ClN2O2/c24-21-12-5-4-9-20(21)16-26-23(28)19-11-6-10-18(15-19)22(27)25-14-13-17-7-2-1-3-8-17/h4-7,9-12,15H,1-3,8,13-14,16H2,(H,25,27)(H,26,28). The number of nitrogens with one attached hydrogen (secondary N) is 2. The minimum Gasteiger partial charge on any atom is -0.352 e. The van der Waals surface area contributed by atoms with Gasteiger partial charge in [-0.15, -0.1) is 0 Å². The number of amides is 2. The molecule has 2 N–H and O–H groups in total. The van der Waals surface area contributed by atoms with Gasteiger partial charge in [-0.25, -0.2) is 0 Å². The number of allylic oxidation sites excluding steroid dienone is 1. The summed E-state index contributed by atoms with van der Waals surface area (Å²) >= 11 is 6.12. The highest BCUT2D eigenvalue weighted by Gasteiger charge is 2.11. The molecule has 0 radical (unpaired) electrons. The van der Waals surface area contributed by atoms with Crippen molar-refractivity contribution < 1.29 is 9.59 Å². The molecule has 2 aromatic rings. The average Bonchev–Trinajstić information content (AvgIpc) is 2.74. The number of carbonyl (C=O) groups is 2. The van der Waals surface area contributed by atoms with Crippen molar-refractivity contribution in [1.29, 1.82) is 0 Å². The van der Waals surface area contributed by atoms with E-state index in [2.05, 4.69) is 16.7 Å². The molecular formula is C23H25ClN2O2. The Morgan fingerprint density at radius 2 is 1.68 bits per heavy atom. The normalized spacial score (nSPS) is 13.5. The summed E-state index contributed by atoms with van der Waals surface area (Å²) in [5.41, 5.74) is 3.22. The van der Waals surface area contributed by atoms with E-state index in [1.165, 1.54) is 18.4 Å². The Labute approximate surface area is 171 Å². The van der Waals surface area contributed by atoms with Gasteiger partial charge >= 0.3 is 0 Å². The summed E-state index contributed by atoms with van der Waals surface area (Å²) in [6.45, 7) is 0.956. The van der Waals surface area contributed by atoms with E-state index < -0.39 is 0 Å². The number of hydrogen-bond donors (Lipinski definition) is 2. The van der Waals surface area contributed by atoms with Crippen molar-refractivity contribution >= 4 is 23.4 Å². The van der Waals surface area contributed by atoms with Gasteiger partial charge in [-0.2, -0.15) is 0 Å². The molecule has 0 bridgehead atoms. The van der Waals surface area contributed by atoms with Gasteiger partial charge in [0.1, 0.15) is 0 Å². The van der Waals surface area contributed by atoms with Gasteiger partial charge in [-0.3, -0.25) is 9.59 Å². The van der Waals surface area contributed by atoms with Gasteiger partial charge in [0.25, 0.3) is 11.8 Å². The van der Waals surface area contributed by atoms with Crippen molar-refractivity contribution in [3.05, 3.63) is 81.9 Å². The number of halogens is 1. The van der Waals surface area contributed by atoms with Gasteiger partial charge in [0.15, 0.2) is 0 Å². The molecule has 3 rings (SSSR count). The molecule has 28 heavy (non-hydrogen) atoms. The Balaban J connectivity index is 1.53. The first-order valence-corrected chi connectivity index (χ1v) is 10.1. The number of rotatable bonds is 7. The summed E-state index contributed by atoms with van der Waals surface area (Å²) < 4.78 is 0. The van der Waals surface area contributed by atoms with Crippen molar-refractivity contribution in [3.63, 3.8) is 0 Å². The van der Waals surface area contributed by atoms with E-state index >= 15 is 0 Å². The predicted octanol–water partition coefficient (Wildman–Crippen LogP) is 4.89. The van der Waals surface area contributed by atoms with Gasteiger partial charge in [0.2, 0.25) is 0 Å². The lowest BCUT2D eigenvalue weighted by atomic mass is 9.97. The molecule has 2 aromatic carbocycles. The van der Waals surface area contributed by atoms with Gasteiger partial charge in [0.05, 0.1) is 0 Å². The zero-order valence-corrected chi connectivity index (χ0v) is 16.6. The fraction of sp³-hybridized carbons (Fsp3) is 0.304. The van der Waals surface area contributed by atoms with E-state index in [-0.39, 0.29) is 11.8 Å². The van der Waals surface area contributed by atoms with Gasteiger partial charge < -0.3 is 10.6 Å². The largest absolute Gasteiger partial charge is 0.352 e. The second-order valence-corrected chi connectivity index (χ2v) is 7.38. The van der Waals surface area contributed by atoms with Crippen LogP contribution >= 0.6 is 11.6 Å². The van der Waals surface area contributed by atoms with Crippen molar-refractivity contribution in [2.45, 2.75) is 38.6 Å². The number of carbonyl (C=O) groups excluding carboxylic acids is 2. The van der Waals surface area contributed by atoms with E-state index in [9.17, 15) is 9.59 Å². The van der Waals surface area contributed by atoms with E-state index in [4.69, 9.17) is 11.6 Å². The first kappa shape index (κ1) is 20.2. The summed E-state index contributed by atoms with van der Waals surface area (Å²) in [5, 5.41) is 6.41. The molecule has 0 aromatic heterocycles. The van der Waals surface area contributed by atoms with Crippen LogP contribution in [-0.4, -0.2) is 18.4 Å². The maximum Gasteiger partial charge on any atom is 0.251 e. The Hall–Kier alpha value is -2.59.